The molecule has 1 saturated carbocycles. The van der Waals surface area contributed by atoms with Crippen LogP contribution in [0.2, 0.25) is 0 Å². The molecule has 0 atom stereocenters. The fourth-order valence-electron chi connectivity index (χ4n) is 2.91. The van der Waals surface area contributed by atoms with Crippen LogP contribution in [-0.4, -0.2) is 35.3 Å². The van der Waals surface area contributed by atoms with Crippen molar-refractivity contribution in [3.05, 3.63) is 47.4 Å². The van der Waals surface area contributed by atoms with Crippen molar-refractivity contribution in [1.29, 1.82) is 0 Å². The first-order chi connectivity index (χ1) is 12.6. The third-order valence-corrected chi connectivity index (χ3v) is 4.51. The van der Waals surface area contributed by atoms with Crippen molar-refractivity contribution < 1.29 is 9.59 Å². The summed E-state index contributed by atoms with van der Waals surface area (Å²) in [6, 6.07) is 6.91. The zero-order valence-electron chi connectivity index (χ0n) is 15.2. The Balaban J connectivity index is 1.75. The van der Waals surface area contributed by atoms with E-state index in [9.17, 15) is 9.59 Å². The number of carbonyl (C=O) groups is 2. The topological polar surface area (TPSA) is 75.2 Å². The largest absolute Gasteiger partial charge is 0.356 e. The van der Waals surface area contributed by atoms with Crippen LogP contribution in [-0.2, 0) is 0 Å². The highest BCUT2D eigenvalue weighted by Crippen LogP contribution is 2.31. The van der Waals surface area contributed by atoms with Gasteiger partial charge >= 0.3 is 0 Å². The third kappa shape index (κ3) is 4.45. The SMILES string of the molecule is CCCN(CC1CC1)c1cc(C(=O)Nc2ccc(C=O)cc2C)ncn1. The van der Waals surface area contributed by atoms with E-state index in [4.69, 9.17) is 0 Å². The molecular formula is C20H24N4O2. The average Bonchev–Trinajstić information content (AvgIpc) is 3.47. The molecule has 1 aliphatic rings. The summed E-state index contributed by atoms with van der Waals surface area (Å²) >= 11 is 0. The average molecular weight is 352 g/mol. The molecule has 2 aromatic rings. The number of hydrogen-bond donors (Lipinski definition) is 1. The molecule has 136 valence electrons. The molecule has 6 nitrogen and oxygen atoms in total. The van der Waals surface area contributed by atoms with Crippen molar-refractivity contribution in [2.24, 2.45) is 5.92 Å². The number of benzene rings is 1. The van der Waals surface area contributed by atoms with E-state index in [0.717, 1.165) is 43.1 Å². The first-order valence-corrected chi connectivity index (χ1v) is 9.05. The summed E-state index contributed by atoms with van der Waals surface area (Å²) in [5.41, 5.74) is 2.42. The fourth-order valence-corrected chi connectivity index (χ4v) is 2.91. The molecule has 1 heterocycles. The van der Waals surface area contributed by atoms with Crippen molar-refractivity contribution >= 4 is 23.7 Å². The van der Waals surface area contributed by atoms with Gasteiger partial charge in [0.1, 0.15) is 24.1 Å². The van der Waals surface area contributed by atoms with Crippen LogP contribution in [0.15, 0.2) is 30.6 Å². The van der Waals surface area contributed by atoms with Gasteiger partial charge < -0.3 is 10.2 Å². The van der Waals surface area contributed by atoms with Gasteiger partial charge in [-0.2, -0.15) is 0 Å². The Morgan fingerprint density at radius 3 is 2.77 bits per heavy atom. The highest BCUT2D eigenvalue weighted by Gasteiger charge is 2.25. The second-order valence-electron chi connectivity index (χ2n) is 6.80. The Morgan fingerprint density at radius 1 is 1.31 bits per heavy atom. The first-order valence-electron chi connectivity index (χ1n) is 9.05. The smallest absolute Gasteiger partial charge is 0.274 e. The molecule has 1 N–H and O–H groups in total. The lowest BCUT2D eigenvalue weighted by atomic mass is 10.1. The summed E-state index contributed by atoms with van der Waals surface area (Å²) in [6.07, 6.45) is 5.81. The summed E-state index contributed by atoms with van der Waals surface area (Å²) in [4.78, 5) is 34.2. The van der Waals surface area contributed by atoms with Gasteiger partial charge in [0.05, 0.1) is 0 Å². The Bertz CT molecular complexity index is 802. The minimum atomic E-state index is -0.279. The lowest BCUT2D eigenvalue weighted by Gasteiger charge is -2.23. The van der Waals surface area contributed by atoms with Crippen molar-refractivity contribution in [2.45, 2.75) is 33.1 Å². The molecule has 3 rings (SSSR count). The Morgan fingerprint density at radius 2 is 2.12 bits per heavy atom. The molecule has 6 heteroatoms. The number of rotatable bonds is 8. The zero-order chi connectivity index (χ0) is 18.5. The molecule has 0 spiro atoms. The number of amides is 1. The molecule has 0 unspecified atom stereocenters. The quantitative estimate of drug-likeness (QED) is 0.736. The molecule has 0 radical (unpaired) electrons. The summed E-state index contributed by atoms with van der Waals surface area (Å²) < 4.78 is 0. The maximum atomic E-state index is 12.6. The van der Waals surface area contributed by atoms with E-state index in [1.807, 2.05) is 6.92 Å². The molecular weight excluding hydrogens is 328 g/mol. The Hall–Kier alpha value is -2.76. The van der Waals surface area contributed by atoms with E-state index >= 15 is 0 Å². The van der Waals surface area contributed by atoms with Crippen LogP contribution in [0.4, 0.5) is 11.5 Å². The standard InChI is InChI=1S/C20H24N4O2/c1-3-8-24(11-15-4-5-15)19-10-18(21-13-22-19)20(26)23-17-7-6-16(12-25)9-14(17)2/h6-7,9-10,12-13,15H,3-5,8,11H2,1-2H3,(H,23,26). The van der Waals surface area contributed by atoms with Gasteiger partial charge in [0.2, 0.25) is 0 Å². The van der Waals surface area contributed by atoms with Gasteiger partial charge in [-0.15, -0.1) is 0 Å². The van der Waals surface area contributed by atoms with Gasteiger partial charge in [-0.05, 0) is 55.9 Å². The molecule has 26 heavy (non-hydrogen) atoms. The van der Waals surface area contributed by atoms with Gasteiger partial charge in [-0.1, -0.05) is 6.92 Å². The molecule has 1 fully saturated rings. The highest BCUT2D eigenvalue weighted by molar-refractivity contribution is 6.03. The van der Waals surface area contributed by atoms with E-state index in [1.165, 1.54) is 19.2 Å². The number of aryl methyl sites for hydroxylation is 1. The first kappa shape index (κ1) is 18.0. The maximum Gasteiger partial charge on any atom is 0.274 e. The number of nitrogens with one attached hydrogen (secondary N) is 1. The van der Waals surface area contributed by atoms with Crippen LogP contribution in [0, 0.1) is 12.8 Å². The minimum Gasteiger partial charge on any atom is -0.356 e. The Labute approximate surface area is 153 Å². The van der Waals surface area contributed by atoms with Gasteiger partial charge in [0.15, 0.2) is 0 Å². The molecule has 0 bridgehead atoms. The number of aromatic nitrogens is 2. The van der Waals surface area contributed by atoms with Crippen LogP contribution in [0.25, 0.3) is 0 Å². The highest BCUT2D eigenvalue weighted by atomic mass is 16.1. The van der Waals surface area contributed by atoms with Gasteiger partial charge in [-0.3, -0.25) is 9.59 Å². The Kier molecular flexibility index (Phi) is 5.61. The lowest BCUT2D eigenvalue weighted by molar-refractivity contribution is 0.102. The third-order valence-electron chi connectivity index (χ3n) is 4.51. The van der Waals surface area contributed by atoms with Crippen molar-refractivity contribution in [2.75, 3.05) is 23.3 Å². The number of aldehydes is 1. The predicted molar refractivity (Wildman–Crippen MR) is 102 cm³/mol. The second-order valence-corrected chi connectivity index (χ2v) is 6.80. The molecule has 1 aromatic carbocycles. The van der Waals surface area contributed by atoms with Gasteiger partial charge in [0, 0.05) is 30.4 Å². The summed E-state index contributed by atoms with van der Waals surface area (Å²) in [5.74, 6) is 1.26. The van der Waals surface area contributed by atoms with E-state index in [-0.39, 0.29) is 5.91 Å². The number of nitrogens with zero attached hydrogens (tertiary/aromatic N) is 3. The summed E-state index contributed by atoms with van der Waals surface area (Å²) in [7, 11) is 0. The van der Waals surface area contributed by atoms with Crippen LogP contribution < -0.4 is 10.2 Å². The van der Waals surface area contributed by atoms with Crippen LogP contribution in [0.1, 0.15) is 52.6 Å². The van der Waals surface area contributed by atoms with E-state index in [1.54, 1.807) is 24.3 Å². The molecule has 1 amide bonds. The monoisotopic (exact) mass is 352 g/mol. The van der Waals surface area contributed by atoms with E-state index < -0.39 is 0 Å². The number of hydrogen-bond acceptors (Lipinski definition) is 5. The maximum absolute atomic E-state index is 12.6. The van der Waals surface area contributed by atoms with Gasteiger partial charge in [0.25, 0.3) is 5.91 Å². The predicted octanol–water partition coefficient (Wildman–Crippen LogP) is 3.48. The fraction of sp³-hybridized carbons (Fsp3) is 0.400. The number of carbonyl (C=O) groups excluding carboxylic acids is 2. The van der Waals surface area contributed by atoms with Crippen LogP contribution in [0.3, 0.4) is 0 Å². The zero-order valence-corrected chi connectivity index (χ0v) is 15.2. The summed E-state index contributed by atoms with van der Waals surface area (Å²) in [5, 5.41) is 2.87. The van der Waals surface area contributed by atoms with Crippen LogP contribution >= 0.6 is 0 Å². The van der Waals surface area contributed by atoms with Crippen molar-refractivity contribution in [3.63, 3.8) is 0 Å². The number of anilines is 2. The second kappa shape index (κ2) is 8.08. The normalized spacial score (nSPS) is 13.3. The molecule has 0 aliphatic heterocycles. The van der Waals surface area contributed by atoms with Crippen molar-refractivity contribution in [1.82, 2.24) is 9.97 Å². The molecule has 0 saturated heterocycles. The van der Waals surface area contributed by atoms with Gasteiger partial charge in [-0.25, -0.2) is 9.97 Å². The molecule has 1 aromatic heterocycles. The van der Waals surface area contributed by atoms with E-state index in [0.29, 0.717) is 16.9 Å². The molecule has 1 aliphatic carbocycles. The van der Waals surface area contributed by atoms with E-state index in [2.05, 4.69) is 27.1 Å². The lowest BCUT2D eigenvalue weighted by Crippen LogP contribution is -2.28. The minimum absolute atomic E-state index is 0.279. The summed E-state index contributed by atoms with van der Waals surface area (Å²) in [6.45, 7) is 5.89. The van der Waals surface area contributed by atoms with Crippen molar-refractivity contribution in [3.8, 4) is 0 Å². The van der Waals surface area contributed by atoms with Crippen LogP contribution in [0.5, 0.6) is 0 Å².